The minimum Gasteiger partial charge on any atom is -0.481 e. The van der Waals surface area contributed by atoms with Crippen molar-refractivity contribution in [1.29, 1.82) is 0 Å². The zero-order valence-corrected chi connectivity index (χ0v) is 17.2. The van der Waals surface area contributed by atoms with Crippen molar-refractivity contribution in [2.45, 2.75) is 13.0 Å². The van der Waals surface area contributed by atoms with Gasteiger partial charge in [0.2, 0.25) is 0 Å². The fourth-order valence-electron chi connectivity index (χ4n) is 3.28. The van der Waals surface area contributed by atoms with Crippen molar-refractivity contribution in [3.63, 3.8) is 0 Å². The molecule has 1 aliphatic rings. The first-order valence-corrected chi connectivity index (χ1v) is 10.1. The number of halogens is 1. The third-order valence-electron chi connectivity index (χ3n) is 4.83. The lowest BCUT2D eigenvalue weighted by Crippen LogP contribution is -2.52. The molecule has 6 nitrogen and oxygen atoms in total. The van der Waals surface area contributed by atoms with Crippen molar-refractivity contribution in [2.24, 2.45) is 0 Å². The van der Waals surface area contributed by atoms with Crippen molar-refractivity contribution in [3.8, 4) is 5.75 Å². The second-order valence-electron chi connectivity index (χ2n) is 6.74. The van der Waals surface area contributed by atoms with Gasteiger partial charge in [0.15, 0.2) is 6.10 Å². The zero-order valence-electron chi connectivity index (χ0n) is 15.6. The molecule has 0 N–H and O–H groups in total. The molecule has 144 valence electrons. The summed E-state index contributed by atoms with van der Waals surface area (Å²) in [6.45, 7) is 4.53. The molecule has 0 saturated carbocycles. The van der Waals surface area contributed by atoms with E-state index in [1.807, 2.05) is 53.4 Å². The van der Waals surface area contributed by atoms with Gasteiger partial charge in [-0.05, 0) is 43.3 Å². The van der Waals surface area contributed by atoms with Gasteiger partial charge in [-0.1, -0.05) is 28.1 Å². The minimum atomic E-state index is -0.520. The van der Waals surface area contributed by atoms with Gasteiger partial charge in [-0.15, -0.1) is 0 Å². The number of ether oxygens (including phenoxy) is 1. The summed E-state index contributed by atoms with van der Waals surface area (Å²) in [6, 6.07) is 15.3. The number of carbonyl (C=O) groups excluding carboxylic acids is 1. The SMILES string of the molecule is CC(Oc1ccc(Br)cc1)C(=O)N1CCN(c2cnc3ccccc3n2)CC1. The largest absolute Gasteiger partial charge is 0.481 e. The van der Waals surface area contributed by atoms with Crippen molar-refractivity contribution in [3.05, 3.63) is 59.2 Å². The van der Waals surface area contributed by atoms with Crippen LogP contribution in [0.5, 0.6) is 5.75 Å². The zero-order chi connectivity index (χ0) is 19.5. The van der Waals surface area contributed by atoms with Crippen LogP contribution in [0, 0.1) is 0 Å². The molecule has 1 aliphatic heterocycles. The Hall–Kier alpha value is -2.67. The van der Waals surface area contributed by atoms with Crippen LogP contribution in [0.1, 0.15) is 6.92 Å². The van der Waals surface area contributed by atoms with E-state index in [0.29, 0.717) is 18.8 Å². The number of aromatic nitrogens is 2. The molecule has 3 aromatic rings. The van der Waals surface area contributed by atoms with E-state index >= 15 is 0 Å². The van der Waals surface area contributed by atoms with Gasteiger partial charge in [0, 0.05) is 30.7 Å². The molecule has 2 aromatic carbocycles. The predicted octanol–water partition coefficient (Wildman–Crippen LogP) is 3.51. The number of amides is 1. The maximum absolute atomic E-state index is 12.7. The lowest BCUT2D eigenvalue weighted by Gasteiger charge is -2.36. The van der Waals surface area contributed by atoms with Gasteiger partial charge in [-0.2, -0.15) is 0 Å². The summed E-state index contributed by atoms with van der Waals surface area (Å²) in [5, 5.41) is 0. The molecule has 28 heavy (non-hydrogen) atoms. The number of rotatable bonds is 4. The van der Waals surface area contributed by atoms with E-state index in [-0.39, 0.29) is 5.91 Å². The van der Waals surface area contributed by atoms with E-state index in [2.05, 4.69) is 25.8 Å². The highest BCUT2D eigenvalue weighted by Crippen LogP contribution is 2.20. The Labute approximate surface area is 172 Å². The van der Waals surface area contributed by atoms with Crippen molar-refractivity contribution in [1.82, 2.24) is 14.9 Å². The van der Waals surface area contributed by atoms with E-state index in [1.165, 1.54) is 0 Å². The molecular formula is C21H21BrN4O2. The average Bonchev–Trinajstić information content (AvgIpc) is 2.74. The number of anilines is 1. The Morgan fingerprint density at radius 2 is 1.71 bits per heavy atom. The van der Waals surface area contributed by atoms with Gasteiger partial charge in [0.05, 0.1) is 17.2 Å². The van der Waals surface area contributed by atoms with Crippen LogP contribution in [-0.4, -0.2) is 53.1 Å². The summed E-state index contributed by atoms with van der Waals surface area (Å²) < 4.78 is 6.77. The molecule has 0 radical (unpaired) electrons. The van der Waals surface area contributed by atoms with Crippen LogP contribution in [0.3, 0.4) is 0 Å². The summed E-state index contributed by atoms with van der Waals surface area (Å²) >= 11 is 3.40. The number of piperazine rings is 1. The quantitative estimate of drug-likeness (QED) is 0.621. The second-order valence-corrected chi connectivity index (χ2v) is 7.66. The standard InChI is InChI=1S/C21H21BrN4O2/c1-15(28-17-8-6-16(22)7-9-17)21(27)26-12-10-25(11-13-26)20-14-23-18-4-2-3-5-19(18)24-20/h2-9,14-15H,10-13H2,1H3. The Bertz CT molecular complexity index is 972. The van der Waals surface area contributed by atoms with E-state index in [1.54, 1.807) is 13.1 Å². The van der Waals surface area contributed by atoms with E-state index in [0.717, 1.165) is 34.4 Å². The predicted molar refractivity (Wildman–Crippen MR) is 113 cm³/mol. The highest BCUT2D eigenvalue weighted by atomic mass is 79.9. The smallest absolute Gasteiger partial charge is 0.263 e. The van der Waals surface area contributed by atoms with Crippen LogP contribution in [0.15, 0.2) is 59.2 Å². The summed E-state index contributed by atoms with van der Waals surface area (Å²) in [5.74, 6) is 1.55. The van der Waals surface area contributed by atoms with Crippen molar-refractivity contribution < 1.29 is 9.53 Å². The molecule has 1 unspecified atom stereocenters. The van der Waals surface area contributed by atoms with Gasteiger partial charge >= 0.3 is 0 Å². The Morgan fingerprint density at radius 3 is 2.43 bits per heavy atom. The third kappa shape index (κ3) is 4.09. The maximum Gasteiger partial charge on any atom is 0.263 e. The molecule has 1 saturated heterocycles. The molecule has 0 bridgehead atoms. The highest BCUT2D eigenvalue weighted by Gasteiger charge is 2.26. The summed E-state index contributed by atoms with van der Waals surface area (Å²) in [7, 11) is 0. The number of nitrogens with zero attached hydrogens (tertiary/aromatic N) is 4. The normalized spacial score (nSPS) is 15.5. The van der Waals surface area contributed by atoms with E-state index in [9.17, 15) is 4.79 Å². The molecule has 1 aromatic heterocycles. The summed E-state index contributed by atoms with van der Waals surface area (Å²) in [4.78, 5) is 25.9. The van der Waals surface area contributed by atoms with Crippen LogP contribution >= 0.6 is 15.9 Å². The summed E-state index contributed by atoms with van der Waals surface area (Å²) in [6.07, 6.45) is 1.28. The fourth-order valence-corrected chi connectivity index (χ4v) is 3.54. The number of benzene rings is 2. The Kier molecular flexibility index (Phi) is 5.43. The van der Waals surface area contributed by atoms with Crippen LogP contribution < -0.4 is 9.64 Å². The van der Waals surface area contributed by atoms with Gasteiger partial charge in [-0.3, -0.25) is 9.78 Å². The first-order valence-electron chi connectivity index (χ1n) is 9.28. The topological polar surface area (TPSA) is 58.6 Å². The summed E-state index contributed by atoms with van der Waals surface area (Å²) in [5.41, 5.74) is 1.77. The van der Waals surface area contributed by atoms with E-state index < -0.39 is 6.10 Å². The maximum atomic E-state index is 12.7. The molecule has 1 amide bonds. The van der Waals surface area contributed by atoms with Crippen LogP contribution in [0.25, 0.3) is 11.0 Å². The lowest BCUT2D eigenvalue weighted by atomic mass is 10.2. The Balaban J connectivity index is 1.36. The molecule has 1 fully saturated rings. The van der Waals surface area contributed by atoms with Crippen molar-refractivity contribution >= 4 is 38.7 Å². The van der Waals surface area contributed by atoms with E-state index in [4.69, 9.17) is 9.72 Å². The van der Waals surface area contributed by atoms with Crippen molar-refractivity contribution in [2.75, 3.05) is 31.1 Å². The number of para-hydroxylation sites is 2. The molecule has 2 heterocycles. The molecular weight excluding hydrogens is 420 g/mol. The van der Waals surface area contributed by atoms with Gasteiger partial charge < -0.3 is 14.5 Å². The van der Waals surface area contributed by atoms with Crippen LogP contribution in [0.4, 0.5) is 5.82 Å². The second kappa shape index (κ2) is 8.14. The number of hydrogen-bond donors (Lipinski definition) is 0. The number of fused-ring (bicyclic) bond motifs is 1. The highest BCUT2D eigenvalue weighted by molar-refractivity contribution is 9.10. The molecule has 4 rings (SSSR count). The number of carbonyl (C=O) groups is 1. The molecule has 0 spiro atoms. The first kappa shape index (κ1) is 18.7. The van der Waals surface area contributed by atoms with Crippen LogP contribution in [0.2, 0.25) is 0 Å². The lowest BCUT2D eigenvalue weighted by molar-refractivity contribution is -0.138. The monoisotopic (exact) mass is 440 g/mol. The third-order valence-corrected chi connectivity index (χ3v) is 5.35. The van der Waals surface area contributed by atoms with Gasteiger partial charge in [0.1, 0.15) is 11.6 Å². The first-order chi connectivity index (χ1) is 13.6. The average molecular weight is 441 g/mol. The Morgan fingerprint density at radius 1 is 1.04 bits per heavy atom. The molecule has 0 aliphatic carbocycles. The molecule has 1 atom stereocenters. The van der Waals surface area contributed by atoms with Crippen LogP contribution in [-0.2, 0) is 4.79 Å². The fraction of sp³-hybridized carbons (Fsp3) is 0.286. The molecule has 7 heteroatoms. The minimum absolute atomic E-state index is 0.00663. The van der Waals surface area contributed by atoms with Gasteiger partial charge in [0.25, 0.3) is 5.91 Å². The van der Waals surface area contributed by atoms with Gasteiger partial charge in [-0.25, -0.2) is 4.98 Å². The number of hydrogen-bond acceptors (Lipinski definition) is 5.